The zero-order valence-corrected chi connectivity index (χ0v) is 7.86. The molecule has 7 heteroatoms. The molecule has 0 aliphatic rings. The molecule has 40 valence electrons. The van der Waals surface area contributed by atoms with Crippen LogP contribution < -0.4 is 33.7 Å². The maximum atomic E-state index is 8.70. The van der Waals surface area contributed by atoms with Crippen LogP contribution in [-0.4, -0.2) is 4.16 Å². The molecule has 0 aromatic heterocycles. The van der Waals surface area contributed by atoms with Gasteiger partial charge in [-0.2, -0.15) is 13.5 Å². The van der Waals surface area contributed by atoms with Crippen LogP contribution in [-0.2, 0) is 21.2 Å². The Balaban J connectivity index is -0.0000000800. The molecule has 7 heavy (non-hydrogen) atoms. The van der Waals surface area contributed by atoms with Crippen LogP contribution in [0.3, 0.4) is 0 Å². The van der Waals surface area contributed by atoms with Crippen LogP contribution in [0.2, 0.25) is 0 Å². The third kappa shape index (κ3) is 110. The first-order valence-electron chi connectivity index (χ1n) is 0.683. The number of rotatable bonds is 0. The molecular weight excluding hydrogens is 171 g/mol. The first-order chi connectivity index (χ1) is 2.00. The van der Waals surface area contributed by atoms with E-state index in [0.29, 0.717) is 0 Å². The SMILES string of the molecule is S.[Na+].[O]=[Cr](=[O])([O-])[OH]. The summed E-state index contributed by atoms with van der Waals surface area (Å²) in [5.41, 5.74) is 0. The molecule has 0 aromatic carbocycles. The van der Waals surface area contributed by atoms with Gasteiger partial charge in [0.05, 0.1) is 0 Å². The van der Waals surface area contributed by atoms with E-state index in [2.05, 4.69) is 0 Å². The molecule has 4 nitrogen and oxygen atoms in total. The molecule has 0 saturated carbocycles. The summed E-state index contributed by atoms with van der Waals surface area (Å²) >= 11 is -5.50. The Bertz CT molecular complexity index is 94.9. The minimum atomic E-state index is -5.50. The Kier molecular flexibility index (Phi) is 12.5. The molecule has 0 atom stereocenters. The molecule has 0 fully saturated rings. The first kappa shape index (κ1) is 15.8. The normalized spacial score (nSPS) is 8.29. The van der Waals surface area contributed by atoms with E-state index in [0.717, 1.165) is 0 Å². The van der Waals surface area contributed by atoms with Crippen LogP contribution in [0.25, 0.3) is 0 Å². The van der Waals surface area contributed by atoms with E-state index in [9.17, 15) is 0 Å². The Morgan fingerprint density at radius 3 is 1.43 bits per heavy atom. The molecule has 0 radical (unpaired) electrons. The van der Waals surface area contributed by atoms with Crippen LogP contribution in [0.4, 0.5) is 0 Å². The molecule has 0 unspecified atom stereocenters. The number of hydrogen-bond acceptors (Lipinski definition) is 3. The van der Waals surface area contributed by atoms with Gasteiger partial charge in [0.1, 0.15) is 0 Å². The zero-order valence-electron chi connectivity index (χ0n) is 3.58. The Morgan fingerprint density at radius 1 is 1.43 bits per heavy atom. The third-order valence-electron chi connectivity index (χ3n) is 0. The Hall–Kier alpha value is 1.40. The summed E-state index contributed by atoms with van der Waals surface area (Å²) in [6.45, 7) is 0. The van der Waals surface area contributed by atoms with Gasteiger partial charge < -0.3 is 0 Å². The van der Waals surface area contributed by atoms with Crippen molar-refractivity contribution in [1.82, 2.24) is 0 Å². The van der Waals surface area contributed by atoms with E-state index in [1.165, 1.54) is 0 Å². The van der Waals surface area contributed by atoms with Crippen molar-refractivity contribution >= 4 is 13.5 Å². The third-order valence-corrected chi connectivity index (χ3v) is 0. The van der Waals surface area contributed by atoms with Gasteiger partial charge >= 0.3 is 59.1 Å². The molecule has 0 bridgehead atoms. The molecular formula is H3CrNaO4S. The quantitative estimate of drug-likeness (QED) is 0.373. The molecule has 0 rings (SSSR count). The van der Waals surface area contributed by atoms with E-state index in [1.807, 2.05) is 0 Å². The summed E-state index contributed by atoms with van der Waals surface area (Å²) in [5.74, 6) is 0. The van der Waals surface area contributed by atoms with E-state index in [-0.39, 0.29) is 43.1 Å². The molecule has 0 aliphatic heterocycles. The van der Waals surface area contributed by atoms with Gasteiger partial charge in [-0.15, -0.1) is 0 Å². The van der Waals surface area contributed by atoms with Gasteiger partial charge in [0.15, 0.2) is 0 Å². The van der Waals surface area contributed by atoms with E-state index in [4.69, 9.17) is 15.9 Å². The fourth-order valence-electron chi connectivity index (χ4n) is 0. The van der Waals surface area contributed by atoms with Crippen molar-refractivity contribution in [2.24, 2.45) is 0 Å². The van der Waals surface area contributed by atoms with Gasteiger partial charge in [0.2, 0.25) is 0 Å². The zero-order chi connectivity index (χ0) is 4.50. The van der Waals surface area contributed by atoms with Gasteiger partial charge in [-0.25, -0.2) is 0 Å². The maximum absolute atomic E-state index is 8.70. The van der Waals surface area contributed by atoms with Crippen molar-refractivity contribution in [3.63, 3.8) is 0 Å². The second-order valence-corrected chi connectivity index (χ2v) is 1.76. The van der Waals surface area contributed by atoms with Gasteiger partial charge in [0, 0.05) is 0 Å². The van der Waals surface area contributed by atoms with Crippen molar-refractivity contribution < 1.29 is 59.1 Å². The summed E-state index contributed by atoms with van der Waals surface area (Å²) in [6.07, 6.45) is 0. The Labute approximate surface area is 72.0 Å². The Morgan fingerprint density at radius 2 is 1.43 bits per heavy atom. The van der Waals surface area contributed by atoms with Crippen LogP contribution in [0.1, 0.15) is 0 Å². The number of hydrogen-bond donors (Lipinski definition) is 1. The molecule has 1 N–H and O–H groups in total. The predicted octanol–water partition coefficient (Wildman–Crippen LogP) is -4.87. The predicted molar refractivity (Wildman–Crippen MR) is 14.0 cm³/mol. The first-order valence-corrected chi connectivity index (χ1v) is 2.81. The van der Waals surface area contributed by atoms with Crippen LogP contribution in [0.5, 0.6) is 0 Å². The van der Waals surface area contributed by atoms with Gasteiger partial charge in [0.25, 0.3) is 0 Å². The van der Waals surface area contributed by atoms with Gasteiger partial charge in [-0.1, -0.05) is 0 Å². The fourth-order valence-corrected chi connectivity index (χ4v) is 0. The summed E-state index contributed by atoms with van der Waals surface area (Å²) < 4.78 is 33.1. The summed E-state index contributed by atoms with van der Waals surface area (Å²) in [6, 6.07) is 0. The van der Waals surface area contributed by atoms with E-state index in [1.54, 1.807) is 0 Å². The summed E-state index contributed by atoms with van der Waals surface area (Å²) in [4.78, 5) is 0. The average molecular weight is 174 g/mol. The van der Waals surface area contributed by atoms with Crippen molar-refractivity contribution in [2.45, 2.75) is 0 Å². The summed E-state index contributed by atoms with van der Waals surface area (Å²) in [7, 11) is 0. The van der Waals surface area contributed by atoms with Gasteiger partial charge in [-0.3, -0.25) is 0 Å². The standard InChI is InChI=1S/Cr.Na.H2O.3O.H2S/h;;1H2;;;;1H2/q2*+1;;;;-1;/p-1. The van der Waals surface area contributed by atoms with E-state index >= 15 is 0 Å². The van der Waals surface area contributed by atoms with Crippen LogP contribution in [0, 0.1) is 0 Å². The van der Waals surface area contributed by atoms with Crippen molar-refractivity contribution in [1.29, 1.82) is 0 Å². The second kappa shape index (κ2) is 5.54. The van der Waals surface area contributed by atoms with Crippen LogP contribution >= 0.6 is 13.5 Å². The van der Waals surface area contributed by atoms with Crippen molar-refractivity contribution in [2.75, 3.05) is 0 Å². The minimum absolute atomic E-state index is 0. The molecule has 0 spiro atoms. The van der Waals surface area contributed by atoms with Gasteiger partial charge in [-0.05, 0) is 0 Å². The second-order valence-electron chi connectivity index (χ2n) is 0.428. The van der Waals surface area contributed by atoms with Crippen molar-refractivity contribution in [3.8, 4) is 0 Å². The van der Waals surface area contributed by atoms with Crippen molar-refractivity contribution in [3.05, 3.63) is 0 Å². The van der Waals surface area contributed by atoms with E-state index < -0.39 is 13.6 Å². The fraction of sp³-hybridized carbons (Fsp3) is 0. The molecule has 0 amide bonds. The molecule has 0 heterocycles. The average Bonchev–Trinajstić information content (AvgIpc) is 0.722. The van der Waals surface area contributed by atoms with Crippen LogP contribution in [0.15, 0.2) is 0 Å². The molecule has 0 aliphatic carbocycles. The molecule has 0 aromatic rings. The topological polar surface area (TPSA) is 77.4 Å². The summed E-state index contributed by atoms with van der Waals surface area (Å²) in [5, 5.41) is 0. The monoisotopic (exact) mass is 174 g/mol. The molecule has 0 saturated heterocycles.